The molecule has 3 rings (SSSR count). The molecule has 1 aromatic carbocycles. The quantitative estimate of drug-likeness (QED) is 0.337. The molecule has 0 bridgehead atoms. The Balaban J connectivity index is 1.81. The first kappa shape index (κ1) is 24.8. The molecule has 8 heteroatoms. The van der Waals surface area contributed by atoms with Crippen LogP contribution in [0, 0.1) is 5.92 Å². The number of fused-ring (bicyclic) bond motifs is 3. The lowest BCUT2D eigenvalue weighted by molar-refractivity contribution is -0.129. The van der Waals surface area contributed by atoms with Gasteiger partial charge in [-0.1, -0.05) is 13.8 Å². The maximum atomic E-state index is 13.3. The average molecular weight is 457 g/mol. The molecule has 1 aromatic heterocycles. The van der Waals surface area contributed by atoms with E-state index in [-0.39, 0.29) is 18.0 Å². The number of methoxy groups -OCH3 is 1. The van der Waals surface area contributed by atoms with Gasteiger partial charge in [0.15, 0.2) is 0 Å². The van der Waals surface area contributed by atoms with E-state index in [9.17, 15) is 14.4 Å². The first-order valence-electron chi connectivity index (χ1n) is 11.7. The lowest BCUT2D eigenvalue weighted by atomic mass is 9.87. The van der Waals surface area contributed by atoms with Gasteiger partial charge in [-0.15, -0.1) is 0 Å². The van der Waals surface area contributed by atoms with E-state index in [1.165, 1.54) is 5.56 Å². The number of nitrogens with one attached hydrogen (secondary N) is 3. The highest BCUT2D eigenvalue weighted by molar-refractivity contribution is 5.90. The SMILES string of the molecule is COc1ccc2c3c([nH]c2c1)C(CC(C)C)N(C)C(C(=O)NC(C=O)CCCCNC=O)C3. The van der Waals surface area contributed by atoms with Crippen LogP contribution in [0.3, 0.4) is 0 Å². The number of aldehydes is 1. The number of rotatable bonds is 12. The first-order valence-corrected chi connectivity index (χ1v) is 11.7. The minimum Gasteiger partial charge on any atom is -0.497 e. The fourth-order valence-electron chi connectivity index (χ4n) is 4.76. The summed E-state index contributed by atoms with van der Waals surface area (Å²) in [7, 11) is 3.65. The molecule has 0 saturated heterocycles. The molecule has 3 unspecified atom stereocenters. The number of nitrogens with zero attached hydrogens (tertiary/aromatic N) is 1. The topological polar surface area (TPSA) is 104 Å². The zero-order valence-electron chi connectivity index (χ0n) is 20.0. The standard InChI is InChI=1S/C25H36N4O4/c1-16(2)11-22-24-20(19-9-8-18(33-4)12-21(19)28-24)13-23(29(22)3)25(32)27-17(14-30)7-5-6-10-26-15-31/h8-9,12,14-17,22-23,28H,5-7,10-11,13H2,1-4H3,(H,26,31)(H,27,32). The summed E-state index contributed by atoms with van der Waals surface area (Å²) in [5.41, 5.74) is 3.34. The second-order valence-electron chi connectivity index (χ2n) is 9.28. The number of unbranched alkanes of at least 4 members (excludes halogenated alkanes) is 1. The Morgan fingerprint density at radius 2 is 2.09 bits per heavy atom. The Morgan fingerprint density at radius 1 is 1.30 bits per heavy atom. The zero-order chi connectivity index (χ0) is 24.0. The summed E-state index contributed by atoms with van der Waals surface area (Å²) in [6.45, 7) is 4.94. The number of carbonyl (C=O) groups is 3. The van der Waals surface area contributed by atoms with Gasteiger partial charge in [0.25, 0.3) is 0 Å². The highest BCUT2D eigenvalue weighted by Crippen LogP contribution is 2.40. The molecule has 0 radical (unpaired) electrons. The lowest BCUT2D eigenvalue weighted by Gasteiger charge is -2.39. The monoisotopic (exact) mass is 456 g/mol. The van der Waals surface area contributed by atoms with Crippen molar-refractivity contribution in [2.24, 2.45) is 5.92 Å². The van der Waals surface area contributed by atoms with Crippen molar-refractivity contribution in [3.8, 4) is 5.75 Å². The van der Waals surface area contributed by atoms with Crippen LogP contribution in [0.15, 0.2) is 18.2 Å². The Labute approximate surface area is 195 Å². The Hall–Kier alpha value is -2.87. The molecule has 33 heavy (non-hydrogen) atoms. The number of benzene rings is 1. The van der Waals surface area contributed by atoms with E-state index < -0.39 is 6.04 Å². The van der Waals surface area contributed by atoms with Crippen molar-refractivity contribution in [2.45, 2.75) is 64.1 Å². The van der Waals surface area contributed by atoms with Crippen molar-refractivity contribution in [3.05, 3.63) is 29.5 Å². The van der Waals surface area contributed by atoms with Gasteiger partial charge >= 0.3 is 0 Å². The second kappa shape index (κ2) is 11.3. The van der Waals surface area contributed by atoms with E-state index >= 15 is 0 Å². The second-order valence-corrected chi connectivity index (χ2v) is 9.28. The molecule has 1 aliphatic heterocycles. The minimum atomic E-state index is -0.528. The molecular formula is C25H36N4O4. The maximum absolute atomic E-state index is 13.3. The molecule has 2 amide bonds. The van der Waals surface area contributed by atoms with Gasteiger partial charge in [-0.3, -0.25) is 14.5 Å². The molecular weight excluding hydrogens is 420 g/mol. The molecule has 8 nitrogen and oxygen atoms in total. The van der Waals surface area contributed by atoms with E-state index in [1.807, 2.05) is 19.2 Å². The number of amides is 2. The summed E-state index contributed by atoms with van der Waals surface area (Å²) in [6.07, 6.45) is 5.03. The summed E-state index contributed by atoms with van der Waals surface area (Å²) >= 11 is 0. The largest absolute Gasteiger partial charge is 0.497 e. The molecule has 3 N–H and O–H groups in total. The van der Waals surface area contributed by atoms with Crippen LogP contribution in [0.1, 0.15) is 56.8 Å². The minimum absolute atomic E-state index is 0.0759. The third-order valence-electron chi connectivity index (χ3n) is 6.52. The molecule has 0 saturated carbocycles. The number of aromatic amines is 1. The van der Waals surface area contributed by atoms with E-state index in [4.69, 9.17) is 4.74 Å². The predicted molar refractivity (Wildman–Crippen MR) is 128 cm³/mol. The van der Waals surface area contributed by atoms with E-state index in [0.29, 0.717) is 31.7 Å². The van der Waals surface area contributed by atoms with Gasteiger partial charge in [-0.2, -0.15) is 0 Å². The van der Waals surface area contributed by atoms with Crippen molar-refractivity contribution in [3.63, 3.8) is 0 Å². The molecule has 0 aliphatic carbocycles. The third-order valence-corrected chi connectivity index (χ3v) is 6.52. The molecule has 180 valence electrons. The van der Waals surface area contributed by atoms with Gasteiger partial charge in [-0.05, 0) is 62.8 Å². The van der Waals surface area contributed by atoms with Gasteiger partial charge in [0, 0.05) is 29.2 Å². The normalized spacial score (nSPS) is 19.2. The fourth-order valence-corrected chi connectivity index (χ4v) is 4.76. The summed E-state index contributed by atoms with van der Waals surface area (Å²) in [6, 6.07) is 5.19. The van der Waals surface area contributed by atoms with Crippen molar-refractivity contribution in [1.29, 1.82) is 0 Å². The highest BCUT2D eigenvalue weighted by Gasteiger charge is 2.38. The number of hydrogen-bond donors (Lipinski definition) is 3. The first-order chi connectivity index (χ1) is 15.9. The van der Waals surface area contributed by atoms with E-state index in [1.54, 1.807) is 7.11 Å². The van der Waals surface area contributed by atoms with Crippen LogP contribution in [0.2, 0.25) is 0 Å². The van der Waals surface area contributed by atoms with Crippen LogP contribution in [0.25, 0.3) is 10.9 Å². The Kier molecular flexibility index (Phi) is 8.49. The number of H-pyrrole nitrogens is 1. The molecule has 0 fully saturated rings. The Morgan fingerprint density at radius 3 is 2.76 bits per heavy atom. The van der Waals surface area contributed by atoms with Gasteiger partial charge in [-0.25, -0.2) is 0 Å². The number of carbonyl (C=O) groups excluding carboxylic acids is 3. The summed E-state index contributed by atoms with van der Waals surface area (Å²) in [4.78, 5) is 41.0. The van der Waals surface area contributed by atoms with Gasteiger partial charge < -0.3 is 25.1 Å². The van der Waals surface area contributed by atoms with E-state index in [0.717, 1.165) is 47.9 Å². The smallest absolute Gasteiger partial charge is 0.238 e. The van der Waals surface area contributed by atoms with Crippen molar-refractivity contribution in [2.75, 3.05) is 20.7 Å². The molecule has 2 heterocycles. The summed E-state index contributed by atoms with van der Waals surface area (Å²) in [5, 5.41) is 6.68. The van der Waals surface area contributed by atoms with Crippen molar-refractivity contribution in [1.82, 2.24) is 20.5 Å². The fraction of sp³-hybridized carbons (Fsp3) is 0.560. The Bertz CT molecular complexity index is 971. The molecule has 3 atom stereocenters. The van der Waals surface area contributed by atoms with Crippen LogP contribution in [0.5, 0.6) is 5.75 Å². The van der Waals surface area contributed by atoms with Gasteiger partial charge in [0.05, 0.1) is 25.2 Å². The van der Waals surface area contributed by atoms with Gasteiger partial charge in [0.2, 0.25) is 12.3 Å². The average Bonchev–Trinajstić information content (AvgIpc) is 3.16. The van der Waals surface area contributed by atoms with Crippen LogP contribution < -0.4 is 15.4 Å². The van der Waals surface area contributed by atoms with E-state index in [2.05, 4.69) is 40.4 Å². The maximum Gasteiger partial charge on any atom is 0.238 e. The van der Waals surface area contributed by atoms with Crippen molar-refractivity contribution < 1.29 is 19.1 Å². The molecule has 1 aliphatic rings. The molecule has 2 aromatic rings. The third kappa shape index (κ3) is 5.74. The van der Waals surface area contributed by atoms with Crippen LogP contribution in [-0.4, -0.2) is 61.3 Å². The number of ether oxygens (including phenoxy) is 1. The number of likely N-dealkylation sites (N-methyl/N-ethyl adjacent to an activating group) is 1. The van der Waals surface area contributed by atoms with Crippen LogP contribution in [0.4, 0.5) is 0 Å². The number of aromatic nitrogens is 1. The molecule has 0 spiro atoms. The van der Waals surface area contributed by atoms with Crippen LogP contribution in [-0.2, 0) is 20.8 Å². The zero-order valence-corrected chi connectivity index (χ0v) is 20.0. The summed E-state index contributed by atoms with van der Waals surface area (Å²) < 4.78 is 5.39. The summed E-state index contributed by atoms with van der Waals surface area (Å²) in [5.74, 6) is 1.12. The van der Waals surface area contributed by atoms with Gasteiger partial charge in [0.1, 0.15) is 12.0 Å². The number of hydrogen-bond acceptors (Lipinski definition) is 5. The predicted octanol–water partition coefficient (Wildman–Crippen LogP) is 2.72. The van der Waals surface area contributed by atoms with Crippen molar-refractivity contribution >= 4 is 29.5 Å². The van der Waals surface area contributed by atoms with Crippen LogP contribution >= 0.6 is 0 Å². The highest BCUT2D eigenvalue weighted by atomic mass is 16.5. The lowest BCUT2D eigenvalue weighted by Crippen LogP contribution is -2.53.